The first-order valence-corrected chi connectivity index (χ1v) is 14.2. The molecule has 0 heterocycles. The lowest BCUT2D eigenvalue weighted by atomic mass is 9.98. The van der Waals surface area contributed by atoms with Gasteiger partial charge < -0.3 is 9.84 Å². The number of hydrogen-bond acceptors (Lipinski definition) is 2. The summed E-state index contributed by atoms with van der Waals surface area (Å²) in [5.41, 5.74) is 6.47. The number of benzene rings is 5. The minimum absolute atomic E-state index is 0.194. The predicted molar refractivity (Wildman–Crippen MR) is 160 cm³/mol. The molecule has 1 N–H and O–H groups in total. The van der Waals surface area contributed by atoms with Gasteiger partial charge in [0, 0.05) is 11.7 Å². The highest BCUT2D eigenvalue weighted by molar-refractivity contribution is 7.55. The van der Waals surface area contributed by atoms with Crippen LogP contribution in [0.1, 0.15) is 46.4 Å². The van der Waals surface area contributed by atoms with Gasteiger partial charge in [-0.2, -0.15) is 0 Å². The Balaban J connectivity index is 1.61. The maximum Gasteiger partial charge on any atom is 0.131 e. The van der Waals surface area contributed by atoms with E-state index in [-0.39, 0.29) is 14.4 Å². The van der Waals surface area contributed by atoms with Crippen molar-refractivity contribution in [3.63, 3.8) is 0 Å². The van der Waals surface area contributed by atoms with Crippen molar-refractivity contribution in [2.24, 2.45) is 0 Å². The number of aliphatic hydroxyl groups excluding tert-OH is 1. The van der Waals surface area contributed by atoms with E-state index in [9.17, 15) is 9.50 Å². The van der Waals surface area contributed by atoms with Gasteiger partial charge in [0.15, 0.2) is 0 Å². The third-order valence-electron chi connectivity index (χ3n) is 6.67. The lowest BCUT2D eigenvalue weighted by Crippen LogP contribution is -2.16. The minimum atomic E-state index is -0.770. The molecule has 2 unspecified atom stereocenters. The van der Waals surface area contributed by atoms with Gasteiger partial charge in [0.1, 0.15) is 18.2 Å². The van der Waals surface area contributed by atoms with E-state index in [0.29, 0.717) is 12.2 Å². The Hall–Kier alpha value is -3.78. The van der Waals surface area contributed by atoms with Crippen LogP contribution in [0.15, 0.2) is 121 Å². The predicted octanol–water partition coefficient (Wildman–Crippen LogP) is 7.27. The van der Waals surface area contributed by atoms with E-state index >= 15 is 0 Å². The van der Waals surface area contributed by atoms with Gasteiger partial charge >= 0.3 is 0 Å². The van der Waals surface area contributed by atoms with Crippen molar-refractivity contribution in [1.82, 2.24) is 0 Å². The Morgan fingerprint density at radius 3 is 1.87 bits per heavy atom. The lowest BCUT2D eigenvalue weighted by molar-refractivity contribution is 0.200. The molecule has 0 spiro atoms. The van der Waals surface area contributed by atoms with Crippen molar-refractivity contribution in [2.45, 2.75) is 32.5 Å². The maximum absolute atomic E-state index is 14.1. The Bertz CT molecular complexity index is 1500. The molecule has 0 aliphatic heterocycles. The summed E-state index contributed by atoms with van der Waals surface area (Å²) in [6, 6.07) is 40.2. The van der Waals surface area contributed by atoms with E-state index in [4.69, 9.17) is 4.74 Å². The Morgan fingerprint density at radius 2 is 1.26 bits per heavy atom. The molecule has 2 atom stereocenters. The van der Waals surface area contributed by atoms with Gasteiger partial charge in [-0.1, -0.05) is 112 Å². The average molecular weight is 535 g/mol. The molecule has 0 amide bonds. The summed E-state index contributed by atoms with van der Waals surface area (Å²) in [5.74, 6) is 0.515. The van der Waals surface area contributed by atoms with Crippen LogP contribution in [0.3, 0.4) is 0 Å². The molecule has 0 bridgehead atoms. The highest BCUT2D eigenvalue weighted by atomic mass is 31.1. The molecule has 0 saturated carbocycles. The van der Waals surface area contributed by atoms with Gasteiger partial charge in [-0.25, -0.2) is 4.39 Å². The standard InChI is InChI=1S/C35H32FO2P/c1-25(37)32-23-31(36)17-18-33(32)39-34-22-29(19-26-11-5-2-6-12-26)21-30(20-27-13-7-3-8-14-27)35(34)38-24-28-15-9-4-10-16-28/h2-18,21-23,25,37,39H,19-20,24H2,1H3. The molecule has 5 aromatic carbocycles. The van der Waals surface area contributed by atoms with Crippen LogP contribution in [0.25, 0.3) is 0 Å². The molecule has 5 aromatic rings. The van der Waals surface area contributed by atoms with E-state index in [1.54, 1.807) is 13.0 Å². The van der Waals surface area contributed by atoms with Gasteiger partial charge in [0.25, 0.3) is 0 Å². The van der Waals surface area contributed by atoms with E-state index < -0.39 is 6.10 Å². The summed E-state index contributed by atoms with van der Waals surface area (Å²) in [6.07, 6.45) is 0.761. The van der Waals surface area contributed by atoms with E-state index in [0.717, 1.165) is 40.3 Å². The van der Waals surface area contributed by atoms with Crippen LogP contribution in [0.2, 0.25) is 0 Å². The second kappa shape index (κ2) is 12.8. The lowest BCUT2D eigenvalue weighted by Gasteiger charge is -2.20. The molecule has 4 heteroatoms. The summed E-state index contributed by atoms with van der Waals surface area (Å²) in [6.45, 7) is 2.13. The Morgan fingerprint density at radius 1 is 0.667 bits per heavy atom. The zero-order valence-electron chi connectivity index (χ0n) is 22.0. The Labute approximate surface area is 231 Å². The molecule has 196 valence electrons. The third-order valence-corrected chi connectivity index (χ3v) is 8.04. The van der Waals surface area contributed by atoms with Gasteiger partial charge in [0.05, 0.1) is 6.10 Å². The Kier molecular flexibility index (Phi) is 8.83. The molecule has 0 aliphatic carbocycles. The van der Waals surface area contributed by atoms with Crippen LogP contribution in [-0.4, -0.2) is 5.11 Å². The van der Waals surface area contributed by atoms with Crippen LogP contribution in [0.5, 0.6) is 5.75 Å². The topological polar surface area (TPSA) is 29.5 Å². The van der Waals surface area contributed by atoms with Crippen molar-refractivity contribution in [2.75, 3.05) is 0 Å². The average Bonchev–Trinajstić information content (AvgIpc) is 2.95. The highest BCUT2D eigenvalue weighted by Crippen LogP contribution is 2.31. The first-order valence-electron chi connectivity index (χ1n) is 13.2. The van der Waals surface area contributed by atoms with Gasteiger partial charge in [0.2, 0.25) is 0 Å². The van der Waals surface area contributed by atoms with Crippen molar-refractivity contribution < 1.29 is 14.2 Å². The summed E-state index contributed by atoms with van der Waals surface area (Å²) < 4.78 is 20.7. The molecule has 0 aliphatic rings. The van der Waals surface area contributed by atoms with Crippen LogP contribution < -0.4 is 15.3 Å². The third kappa shape index (κ3) is 7.20. The second-order valence-corrected chi connectivity index (χ2v) is 11.1. The van der Waals surface area contributed by atoms with Gasteiger partial charge in [-0.15, -0.1) is 0 Å². The zero-order chi connectivity index (χ0) is 27.0. The van der Waals surface area contributed by atoms with Gasteiger partial charge in [-0.05, 0) is 70.2 Å². The van der Waals surface area contributed by atoms with E-state index in [2.05, 4.69) is 72.8 Å². The van der Waals surface area contributed by atoms with Crippen molar-refractivity contribution in [3.8, 4) is 5.75 Å². The number of halogens is 1. The minimum Gasteiger partial charge on any atom is -0.488 e. The van der Waals surface area contributed by atoms with Crippen LogP contribution in [0.4, 0.5) is 4.39 Å². The molecule has 0 radical (unpaired) electrons. The SMILES string of the molecule is CC(O)c1cc(F)ccc1Pc1cc(Cc2ccccc2)cc(Cc2ccccc2)c1OCc1ccccc1. The number of ether oxygens (including phenoxy) is 1. The highest BCUT2D eigenvalue weighted by Gasteiger charge is 2.18. The number of aliphatic hydroxyl groups is 1. The molecular weight excluding hydrogens is 502 g/mol. The first-order chi connectivity index (χ1) is 19.0. The van der Waals surface area contributed by atoms with Crippen molar-refractivity contribution in [1.29, 1.82) is 0 Å². The van der Waals surface area contributed by atoms with Crippen LogP contribution >= 0.6 is 8.58 Å². The maximum atomic E-state index is 14.1. The molecule has 0 aromatic heterocycles. The normalized spacial score (nSPS) is 12.1. The molecule has 5 rings (SSSR count). The number of hydrogen-bond donors (Lipinski definition) is 1. The summed E-state index contributed by atoms with van der Waals surface area (Å²) >= 11 is 0. The molecule has 0 fully saturated rings. The van der Waals surface area contributed by atoms with E-state index in [1.165, 1.54) is 28.8 Å². The summed E-state index contributed by atoms with van der Waals surface area (Å²) in [5, 5.41) is 12.4. The zero-order valence-corrected chi connectivity index (χ0v) is 23.0. The summed E-state index contributed by atoms with van der Waals surface area (Å²) in [7, 11) is 0.194. The quantitative estimate of drug-likeness (QED) is 0.191. The number of rotatable bonds is 10. The molecule has 0 saturated heterocycles. The molecule has 39 heavy (non-hydrogen) atoms. The molecule has 2 nitrogen and oxygen atoms in total. The largest absolute Gasteiger partial charge is 0.488 e. The second-order valence-electron chi connectivity index (χ2n) is 9.76. The monoisotopic (exact) mass is 534 g/mol. The first kappa shape index (κ1) is 26.8. The molecular formula is C35H32FO2P. The van der Waals surface area contributed by atoms with Crippen molar-refractivity contribution in [3.05, 3.63) is 161 Å². The smallest absolute Gasteiger partial charge is 0.131 e. The summed E-state index contributed by atoms with van der Waals surface area (Å²) in [4.78, 5) is 0. The van der Waals surface area contributed by atoms with E-state index in [1.807, 2.05) is 30.3 Å². The fraction of sp³-hybridized carbons (Fsp3) is 0.143. The fourth-order valence-electron chi connectivity index (χ4n) is 4.77. The van der Waals surface area contributed by atoms with Crippen LogP contribution in [0, 0.1) is 5.82 Å². The van der Waals surface area contributed by atoms with Crippen molar-refractivity contribution >= 4 is 19.2 Å². The van der Waals surface area contributed by atoms with Crippen LogP contribution in [-0.2, 0) is 19.4 Å². The van der Waals surface area contributed by atoms with Gasteiger partial charge in [-0.3, -0.25) is 0 Å². The fourth-order valence-corrected chi connectivity index (χ4v) is 6.25.